The van der Waals surface area contributed by atoms with Crippen molar-refractivity contribution in [1.29, 1.82) is 0 Å². The van der Waals surface area contributed by atoms with Crippen LogP contribution in [0.3, 0.4) is 0 Å². The van der Waals surface area contributed by atoms with Crippen molar-refractivity contribution >= 4 is 24.0 Å². The van der Waals surface area contributed by atoms with Crippen molar-refractivity contribution in [2.24, 2.45) is 0 Å². The summed E-state index contributed by atoms with van der Waals surface area (Å²) in [7, 11) is -1.19. The third-order valence-electron chi connectivity index (χ3n) is 3.51. The van der Waals surface area contributed by atoms with Crippen LogP contribution in [0.25, 0.3) is 0 Å². The van der Waals surface area contributed by atoms with Crippen LogP contribution >= 0.6 is 15.9 Å². The highest BCUT2D eigenvalue weighted by molar-refractivity contribution is 9.11. The standard InChI is InChI=1S/C15H22BrNSi/c1-18(2,3)15-12-17(10-9-14(15)16)11-13-7-5-4-6-8-13/h4-8H,9-12H2,1-3H3. The van der Waals surface area contributed by atoms with Gasteiger partial charge >= 0.3 is 0 Å². The summed E-state index contributed by atoms with van der Waals surface area (Å²) in [4.78, 5) is 2.58. The summed E-state index contributed by atoms with van der Waals surface area (Å²) >= 11 is 3.79. The molecule has 98 valence electrons. The van der Waals surface area contributed by atoms with Gasteiger partial charge in [0, 0.05) is 19.6 Å². The lowest BCUT2D eigenvalue weighted by atomic mass is 10.2. The molecule has 1 nitrogen and oxygen atoms in total. The van der Waals surface area contributed by atoms with E-state index in [0.717, 1.165) is 13.1 Å². The second-order valence-electron chi connectivity index (χ2n) is 6.08. The van der Waals surface area contributed by atoms with Gasteiger partial charge in [0.05, 0.1) is 8.07 Å². The van der Waals surface area contributed by atoms with E-state index in [0.29, 0.717) is 0 Å². The van der Waals surface area contributed by atoms with E-state index in [2.05, 4.69) is 70.8 Å². The maximum atomic E-state index is 3.79. The summed E-state index contributed by atoms with van der Waals surface area (Å²) in [6.07, 6.45) is 1.17. The second-order valence-corrected chi connectivity index (χ2v) is 12.1. The van der Waals surface area contributed by atoms with E-state index in [4.69, 9.17) is 0 Å². The highest BCUT2D eigenvalue weighted by atomic mass is 79.9. The minimum Gasteiger partial charge on any atom is -0.295 e. The highest BCUT2D eigenvalue weighted by Gasteiger charge is 2.27. The summed E-state index contributed by atoms with van der Waals surface area (Å²) in [5, 5.41) is 1.68. The molecule has 0 radical (unpaired) electrons. The average Bonchev–Trinajstić information content (AvgIpc) is 2.31. The third kappa shape index (κ3) is 3.56. The van der Waals surface area contributed by atoms with Gasteiger partial charge in [0.2, 0.25) is 0 Å². The molecule has 0 unspecified atom stereocenters. The Morgan fingerprint density at radius 3 is 2.44 bits per heavy atom. The Labute approximate surface area is 120 Å². The van der Waals surface area contributed by atoms with Gasteiger partial charge in [0.25, 0.3) is 0 Å². The number of hydrogen-bond donors (Lipinski definition) is 0. The Morgan fingerprint density at radius 1 is 1.17 bits per heavy atom. The molecule has 1 aromatic carbocycles. The summed E-state index contributed by atoms with van der Waals surface area (Å²) in [5.41, 5.74) is 1.42. The number of hydrogen-bond acceptors (Lipinski definition) is 1. The van der Waals surface area contributed by atoms with E-state index in [9.17, 15) is 0 Å². The molecule has 3 heteroatoms. The van der Waals surface area contributed by atoms with Gasteiger partial charge in [-0.25, -0.2) is 0 Å². The normalized spacial score (nSPS) is 18.2. The lowest BCUT2D eigenvalue weighted by Crippen LogP contribution is -2.39. The van der Waals surface area contributed by atoms with Crippen LogP contribution in [0.4, 0.5) is 0 Å². The minimum absolute atomic E-state index is 1.08. The van der Waals surface area contributed by atoms with Crippen molar-refractivity contribution in [2.75, 3.05) is 13.1 Å². The molecule has 18 heavy (non-hydrogen) atoms. The van der Waals surface area contributed by atoms with E-state index in [1.165, 1.54) is 23.0 Å². The molecule has 0 aromatic heterocycles. The fraction of sp³-hybridized carbons (Fsp3) is 0.467. The number of halogens is 1. The van der Waals surface area contributed by atoms with Crippen LogP contribution in [0.1, 0.15) is 12.0 Å². The van der Waals surface area contributed by atoms with Crippen LogP contribution in [0, 0.1) is 0 Å². The summed E-state index contributed by atoms with van der Waals surface area (Å²) in [6.45, 7) is 10.7. The molecule has 0 saturated heterocycles. The molecule has 0 bridgehead atoms. The van der Waals surface area contributed by atoms with E-state index in [1.807, 2.05) is 0 Å². The van der Waals surface area contributed by atoms with Gasteiger partial charge in [0.15, 0.2) is 0 Å². The zero-order valence-corrected chi connectivity index (χ0v) is 14.1. The molecule has 2 rings (SSSR count). The zero-order chi connectivity index (χ0) is 13.2. The first-order valence-corrected chi connectivity index (χ1v) is 10.9. The topological polar surface area (TPSA) is 3.24 Å². The fourth-order valence-electron chi connectivity index (χ4n) is 2.42. The lowest BCUT2D eigenvalue weighted by Gasteiger charge is -2.34. The van der Waals surface area contributed by atoms with E-state index < -0.39 is 8.07 Å². The molecule has 1 aromatic rings. The van der Waals surface area contributed by atoms with Crippen LogP contribution in [0.15, 0.2) is 40.0 Å². The molecular formula is C15H22BrNSi. The van der Waals surface area contributed by atoms with E-state index in [1.54, 1.807) is 5.20 Å². The first-order valence-electron chi connectivity index (χ1n) is 6.61. The largest absolute Gasteiger partial charge is 0.295 e. The predicted octanol–water partition coefficient (Wildman–Crippen LogP) is 4.42. The summed E-state index contributed by atoms with van der Waals surface area (Å²) < 4.78 is 1.48. The molecule has 0 atom stereocenters. The minimum atomic E-state index is -1.19. The maximum Gasteiger partial charge on any atom is 0.0751 e. The van der Waals surface area contributed by atoms with Crippen LogP contribution in [-0.4, -0.2) is 26.1 Å². The molecule has 1 aliphatic heterocycles. The SMILES string of the molecule is C[Si](C)(C)C1=C(Br)CCN(Cc2ccccc2)C1. The first-order chi connectivity index (χ1) is 8.47. The summed E-state index contributed by atoms with van der Waals surface area (Å²) in [6, 6.07) is 10.8. The molecule has 0 fully saturated rings. The van der Waals surface area contributed by atoms with Crippen LogP contribution in [0.5, 0.6) is 0 Å². The average molecular weight is 324 g/mol. The Bertz CT molecular complexity index is 434. The summed E-state index contributed by atoms with van der Waals surface area (Å²) in [5.74, 6) is 0. The molecule has 0 spiro atoms. The van der Waals surface area contributed by atoms with Crippen molar-refractivity contribution in [2.45, 2.75) is 32.6 Å². The molecule has 1 heterocycles. The highest BCUT2D eigenvalue weighted by Crippen LogP contribution is 2.30. The fourth-order valence-corrected chi connectivity index (χ4v) is 6.14. The maximum absolute atomic E-state index is 3.79. The Balaban J connectivity index is 2.07. The van der Waals surface area contributed by atoms with Crippen LogP contribution < -0.4 is 0 Å². The Hall–Kier alpha value is -0.383. The van der Waals surface area contributed by atoms with Crippen molar-refractivity contribution < 1.29 is 0 Å². The monoisotopic (exact) mass is 323 g/mol. The molecule has 1 aliphatic rings. The van der Waals surface area contributed by atoms with Gasteiger partial charge in [-0.2, -0.15) is 0 Å². The number of benzene rings is 1. The third-order valence-corrected chi connectivity index (χ3v) is 7.02. The molecular weight excluding hydrogens is 302 g/mol. The van der Waals surface area contributed by atoms with Crippen molar-refractivity contribution in [3.63, 3.8) is 0 Å². The van der Waals surface area contributed by atoms with Crippen LogP contribution in [0.2, 0.25) is 19.6 Å². The lowest BCUT2D eigenvalue weighted by molar-refractivity contribution is 0.285. The van der Waals surface area contributed by atoms with Crippen molar-refractivity contribution in [3.8, 4) is 0 Å². The first kappa shape index (κ1) is 14.0. The van der Waals surface area contributed by atoms with E-state index >= 15 is 0 Å². The predicted molar refractivity (Wildman–Crippen MR) is 85.6 cm³/mol. The number of rotatable bonds is 3. The molecule has 0 saturated carbocycles. The van der Waals surface area contributed by atoms with Gasteiger partial charge in [-0.15, -0.1) is 0 Å². The number of nitrogens with zero attached hydrogens (tertiary/aromatic N) is 1. The van der Waals surface area contributed by atoms with Gasteiger partial charge in [0.1, 0.15) is 0 Å². The quantitative estimate of drug-likeness (QED) is 0.744. The second kappa shape index (κ2) is 5.72. The Kier molecular flexibility index (Phi) is 4.46. The van der Waals surface area contributed by atoms with Gasteiger partial charge < -0.3 is 0 Å². The molecule has 0 amide bonds. The van der Waals surface area contributed by atoms with Crippen molar-refractivity contribution in [3.05, 3.63) is 45.6 Å². The van der Waals surface area contributed by atoms with Crippen molar-refractivity contribution in [1.82, 2.24) is 4.90 Å². The van der Waals surface area contributed by atoms with Gasteiger partial charge in [-0.3, -0.25) is 4.90 Å². The molecule has 0 N–H and O–H groups in total. The van der Waals surface area contributed by atoms with Gasteiger partial charge in [-0.1, -0.05) is 71.1 Å². The van der Waals surface area contributed by atoms with Gasteiger partial charge in [-0.05, 0) is 16.5 Å². The zero-order valence-electron chi connectivity index (χ0n) is 11.5. The Morgan fingerprint density at radius 2 is 1.83 bits per heavy atom. The smallest absolute Gasteiger partial charge is 0.0751 e. The molecule has 0 aliphatic carbocycles. The van der Waals surface area contributed by atoms with E-state index in [-0.39, 0.29) is 0 Å². The van der Waals surface area contributed by atoms with Crippen LogP contribution in [-0.2, 0) is 6.54 Å².